The predicted molar refractivity (Wildman–Crippen MR) is 39.2 cm³/mol. The van der Waals surface area contributed by atoms with E-state index in [0.717, 1.165) is 16.8 Å². The fourth-order valence-corrected chi connectivity index (χ4v) is 0.706. The average Bonchev–Trinajstić information content (AvgIpc) is 1.83. The normalized spacial score (nSPS) is 9.56. The summed E-state index contributed by atoms with van der Waals surface area (Å²) in [4.78, 5) is 0. The number of rotatable bonds is 0. The first-order valence-corrected chi connectivity index (χ1v) is 2.95. The fraction of sp³-hybridized carbons (Fsp3) is 0.250. The molecule has 1 aromatic rings. The monoisotopic (exact) mass is 120 g/mol. The third kappa shape index (κ3) is 1.04. The Balaban J connectivity index is 3.25. The number of nitrogens with two attached hydrogens (primary N) is 1. The molecule has 1 heteroatoms. The highest BCUT2D eigenvalue weighted by Crippen LogP contribution is 2.12. The quantitative estimate of drug-likeness (QED) is 0.518. The molecule has 0 unspecified atom stereocenters. The standard InChI is InChI=1S/C8H10N/c1-6-4-3-5-8(9)7(6)2/h3,5H,9H2,1-2H3. The number of aryl methyl sites for hydroxylation is 1. The van der Waals surface area contributed by atoms with Crippen molar-refractivity contribution >= 4 is 5.69 Å². The van der Waals surface area contributed by atoms with Gasteiger partial charge in [0.2, 0.25) is 0 Å². The van der Waals surface area contributed by atoms with E-state index in [9.17, 15) is 0 Å². The molecule has 0 fully saturated rings. The summed E-state index contributed by atoms with van der Waals surface area (Å²) in [6, 6.07) is 6.77. The first kappa shape index (κ1) is 6.14. The number of hydrogen-bond acceptors (Lipinski definition) is 1. The molecular weight excluding hydrogens is 110 g/mol. The van der Waals surface area contributed by atoms with E-state index in [2.05, 4.69) is 6.07 Å². The summed E-state index contributed by atoms with van der Waals surface area (Å²) in [5, 5.41) is 0. The van der Waals surface area contributed by atoms with Gasteiger partial charge in [-0.3, -0.25) is 0 Å². The van der Waals surface area contributed by atoms with E-state index in [1.807, 2.05) is 26.0 Å². The van der Waals surface area contributed by atoms with Crippen molar-refractivity contribution < 1.29 is 0 Å². The minimum absolute atomic E-state index is 0.853. The topological polar surface area (TPSA) is 26.0 Å². The molecule has 0 amide bonds. The molecule has 9 heavy (non-hydrogen) atoms. The van der Waals surface area contributed by atoms with Crippen molar-refractivity contribution in [2.24, 2.45) is 0 Å². The maximum atomic E-state index is 5.60. The minimum Gasteiger partial charge on any atom is -0.399 e. The van der Waals surface area contributed by atoms with Crippen LogP contribution in [-0.2, 0) is 0 Å². The first-order chi connectivity index (χ1) is 4.22. The zero-order valence-electron chi connectivity index (χ0n) is 5.73. The zero-order valence-corrected chi connectivity index (χ0v) is 5.73. The Morgan fingerprint density at radius 3 is 2.56 bits per heavy atom. The van der Waals surface area contributed by atoms with Gasteiger partial charge in [-0.15, -0.1) is 0 Å². The molecule has 0 atom stereocenters. The van der Waals surface area contributed by atoms with E-state index >= 15 is 0 Å². The summed E-state index contributed by atoms with van der Waals surface area (Å²) in [6.45, 7) is 4.01. The average molecular weight is 120 g/mol. The third-order valence-corrected chi connectivity index (χ3v) is 1.56. The largest absolute Gasteiger partial charge is 0.399 e. The number of hydrogen-bond donors (Lipinski definition) is 1. The Kier molecular flexibility index (Phi) is 1.43. The molecule has 0 bridgehead atoms. The summed E-state index contributed by atoms with van der Waals surface area (Å²) in [6.07, 6.45) is 0. The molecule has 47 valence electrons. The summed E-state index contributed by atoms with van der Waals surface area (Å²) >= 11 is 0. The zero-order chi connectivity index (χ0) is 6.85. The lowest BCUT2D eigenvalue weighted by Crippen LogP contribution is -1.90. The van der Waals surface area contributed by atoms with E-state index in [1.54, 1.807) is 0 Å². The summed E-state index contributed by atoms with van der Waals surface area (Å²) in [7, 11) is 0. The molecule has 0 heterocycles. The summed E-state index contributed by atoms with van der Waals surface area (Å²) in [5.74, 6) is 0. The van der Waals surface area contributed by atoms with E-state index in [4.69, 9.17) is 5.73 Å². The van der Waals surface area contributed by atoms with Gasteiger partial charge in [-0.05, 0) is 37.1 Å². The molecular formula is C8H10N. The lowest BCUT2D eigenvalue weighted by Gasteiger charge is -2.00. The molecule has 1 rings (SSSR count). The van der Waals surface area contributed by atoms with Crippen LogP contribution in [0.1, 0.15) is 11.1 Å². The highest BCUT2D eigenvalue weighted by Gasteiger charge is 1.93. The Bertz CT molecular complexity index is 196. The SMILES string of the molecule is Cc1[c]ccc(N)c1C. The van der Waals surface area contributed by atoms with Crippen molar-refractivity contribution in [3.8, 4) is 0 Å². The highest BCUT2D eigenvalue weighted by molar-refractivity contribution is 5.48. The molecule has 0 aliphatic heterocycles. The number of anilines is 1. The molecule has 1 radical (unpaired) electrons. The summed E-state index contributed by atoms with van der Waals surface area (Å²) in [5.41, 5.74) is 8.72. The lowest BCUT2D eigenvalue weighted by molar-refractivity contribution is 1.34. The van der Waals surface area contributed by atoms with Gasteiger partial charge in [-0.2, -0.15) is 0 Å². The van der Waals surface area contributed by atoms with Crippen LogP contribution in [0.25, 0.3) is 0 Å². The van der Waals surface area contributed by atoms with Crippen molar-refractivity contribution in [3.63, 3.8) is 0 Å². The third-order valence-electron chi connectivity index (χ3n) is 1.56. The van der Waals surface area contributed by atoms with Gasteiger partial charge in [0, 0.05) is 5.69 Å². The van der Waals surface area contributed by atoms with Crippen molar-refractivity contribution in [1.82, 2.24) is 0 Å². The second kappa shape index (κ2) is 2.09. The Hall–Kier alpha value is -0.980. The Labute approximate surface area is 55.5 Å². The molecule has 1 nitrogen and oxygen atoms in total. The van der Waals surface area contributed by atoms with Crippen LogP contribution < -0.4 is 5.73 Å². The molecule has 0 saturated heterocycles. The maximum absolute atomic E-state index is 5.60. The van der Waals surface area contributed by atoms with Gasteiger partial charge >= 0.3 is 0 Å². The van der Waals surface area contributed by atoms with Gasteiger partial charge in [0.05, 0.1) is 0 Å². The molecule has 2 N–H and O–H groups in total. The maximum Gasteiger partial charge on any atom is 0.0346 e. The molecule has 0 spiro atoms. The molecule has 0 aliphatic carbocycles. The van der Waals surface area contributed by atoms with Crippen molar-refractivity contribution in [3.05, 3.63) is 29.3 Å². The van der Waals surface area contributed by atoms with Crippen molar-refractivity contribution in [2.75, 3.05) is 5.73 Å². The van der Waals surface area contributed by atoms with Crippen LogP contribution >= 0.6 is 0 Å². The second-order valence-corrected chi connectivity index (χ2v) is 2.18. The van der Waals surface area contributed by atoms with Crippen LogP contribution in [0, 0.1) is 19.9 Å². The summed E-state index contributed by atoms with van der Waals surface area (Å²) < 4.78 is 0. The van der Waals surface area contributed by atoms with Crippen LogP contribution in [-0.4, -0.2) is 0 Å². The van der Waals surface area contributed by atoms with Crippen LogP contribution in [0.4, 0.5) is 5.69 Å². The lowest BCUT2D eigenvalue weighted by atomic mass is 10.1. The Morgan fingerprint density at radius 1 is 1.44 bits per heavy atom. The van der Waals surface area contributed by atoms with Gasteiger partial charge in [0.15, 0.2) is 0 Å². The van der Waals surface area contributed by atoms with Crippen LogP contribution in [0.15, 0.2) is 12.1 Å². The Morgan fingerprint density at radius 2 is 2.11 bits per heavy atom. The highest BCUT2D eigenvalue weighted by atomic mass is 14.5. The number of nitrogen functional groups attached to an aromatic ring is 1. The fourth-order valence-electron chi connectivity index (χ4n) is 0.706. The first-order valence-electron chi connectivity index (χ1n) is 2.95. The van der Waals surface area contributed by atoms with Crippen LogP contribution in [0.2, 0.25) is 0 Å². The van der Waals surface area contributed by atoms with Gasteiger partial charge < -0.3 is 5.73 Å². The van der Waals surface area contributed by atoms with E-state index in [0.29, 0.717) is 0 Å². The van der Waals surface area contributed by atoms with Crippen LogP contribution in [0.3, 0.4) is 0 Å². The van der Waals surface area contributed by atoms with Crippen molar-refractivity contribution in [2.45, 2.75) is 13.8 Å². The van der Waals surface area contributed by atoms with Crippen LogP contribution in [0.5, 0.6) is 0 Å². The van der Waals surface area contributed by atoms with E-state index < -0.39 is 0 Å². The molecule has 0 aromatic heterocycles. The van der Waals surface area contributed by atoms with E-state index in [1.165, 1.54) is 0 Å². The van der Waals surface area contributed by atoms with Gasteiger partial charge in [-0.25, -0.2) is 0 Å². The number of benzene rings is 1. The predicted octanol–water partition coefficient (Wildman–Crippen LogP) is 1.69. The second-order valence-electron chi connectivity index (χ2n) is 2.18. The molecule has 0 aliphatic rings. The van der Waals surface area contributed by atoms with E-state index in [-0.39, 0.29) is 0 Å². The van der Waals surface area contributed by atoms with Gasteiger partial charge in [0.1, 0.15) is 0 Å². The van der Waals surface area contributed by atoms with Crippen molar-refractivity contribution in [1.29, 1.82) is 0 Å². The minimum atomic E-state index is 0.853. The van der Waals surface area contributed by atoms with Gasteiger partial charge in [0.25, 0.3) is 0 Å². The molecule has 0 saturated carbocycles. The van der Waals surface area contributed by atoms with Gasteiger partial charge in [-0.1, -0.05) is 6.07 Å². The smallest absolute Gasteiger partial charge is 0.0346 e. The molecule has 1 aromatic carbocycles.